The number of benzene rings is 4. The molecule has 0 aliphatic rings. The van der Waals surface area contributed by atoms with Gasteiger partial charge in [0.25, 0.3) is 0 Å². The molecule has 4 rings (SSSR count). The van der Waals surface area contributed by atoms with Gasteiger partial charge in [-0.1, -0.05) is 71.8 Å². The molecule has 30 heavy (non-hydrogen) atoms. The maximum absolute atomic E-state index is 6.13. The normalized spacial score (nSPS) is 10.8. The first-order valence-corrected chi connectivity index (χ1v) is 10.5. The summed E-state index contributed by atoms with van der Waals surface area (Å²) in [5.74, 6) is 1.73. The summed E-state index contributed by atoms with van der Waals surface area (Å²) < 4.78 is 6.13. The fourth-order valence-electron chi connectivity index (χ4n) is 3.71. The summed E-state index contributed by atoms with van der Waals surface area (Å²) in [6, 6.07) is 30.1. The molecule has 0 aromatic heterocycles. The molecule has 0 saturated carbocycles. The average molecular weight is 393 g/mol. The van der Waals surface area contributed by atoms with Crippen LogP contribution >= 0.6 is 0 Å². The van der Waals surface area contributed by atoms with E-state index in [-0.39, 0.29) is 0 Å². The Hall–Kier alpha value is -3.32. The van der Waals surface area contributed by atoms with E-state index in [1.54, 1.807) is 0 Å². The van der Waals surface area contributed by atoms with Crippen molar-refractivity contribution in [3.63, 3.8) is 0 Å². The highest BCUT2D eigenvalue weighted by Gasteiger charge is 2.10. The van der Waals surface area contributed by atoms with Crippen molar-refractivity contribution in [2.45, 2.75) is 34.1 Å². The zero-order valence-electron chi connectivity index (χ0n) is 18.2. The molecule has 0 spiro atoms. The van der Waals surface area contributed by atoms with Gasteiger partial charge in [0.05, 0.1) is 0 Å². The Morgan fingerprint density at radius 1 is 0.500 bits per heavy atom. The number of hydrogen-bond donors (Lipinski definition) is 0. The topological polar surface area (TPSA) is 9.23 Å². The van der Waals surface area contributed by atoms with Gasteiger partial charge in [-0.2, -0.15) is 0 Å². The minimum atomic E-state index is 0.861. The van der Waals surface area contributed by atoms with Gasteiger partial charge in [-0.25, -0.2) is 0 Å². The van der Waals surface area contributed by atoms with Crippen LogP contribution in [-0.4, -0.2) is 0 Å². The number of hydrogen-bond acceptors (Lipinski definition) is 1. The lowest BCUT2D eigenvalue weighted by Gasteiger charge is -2.14. The molecule has 0 unspecified atom stereocenters. The molecule has 0 radical (unpaired) electrons. The maximum Gasteiger partial charge on any atom is 0.128 e. The second-order valence-corrected chi connectivity index (χ2v) is 8.20. The molecule has 0 aliphatic carbocycles. The van der Waals surface area contributed by atoms with Gasteiger partial charge in [0.15, 0.2) is 0 Å². The maximum atomic E-state index is 6.13. The van der Waals surface area contributed by atoms with E-state index in [9.17, 15) is 0 Å². The molecule has 0 bridgehead atoms. The van der Waals surface area contributed by atoms with Crippen LogP contribution in [0.25, 0.3) is 11.1 Å². The number of ether oxygens (including phenoxy) is 1. The molecule has 0 fully saturated rings. The Labute approximate surface area is 180 Å². The molecule has 0 saturated heterocycles. The van der Waals surface area contributed by atoms with Gasteiger partial charge in [0, 0.05) is 0 Å². The van der Waals surface area contributed by atoms with Crippen molar-refractivity contribution < 1.29 is 4.74 Å². The van der Waals surface area contributed by atoms with Crippen LogP contribution in [0.4, 0.5) is 0 Å². The zero-order chi connectivity index (χ0) is 21.1. The smallest absolute Gasteiger partial charge is 0.128 e. The van der Waals surface area contributed by atoms with Crippen LogP contribution in [-0.2, 0) is 6.42 Å². The summed E-state index contributed by atoms with van der Waals surface area (Å²) in [5.41, 5.74) is 10.2. The van der Waals surface area contributed by atoms with Crippen molar-refractivity contribution in [2.75, 3.05) is 0 Å². The molecule has 1 heteroatoms. The summed E-state index contributed by atoms with van der Waals surface area (Å²) in [6.07, 6.45) is 0.937. The van der Waals surface area contributed by atoms with Crippen LogP contribution in [0, 0.1) is 27.7 Å². The van der Waals surface area contributed by atoms with E-state index in [0.29, 0.717) is 0 Å². The highest BCUT2D eigenvalue weighted by molar-refractivity contribution is 5.72. The summed E-state index contributed by atoms with van der Waals surface area (Å²) >= 11 is 0. The van der Waals surface area contributed by atoms with Crippen molar-refractivity contribution in [3.8, 4) is 22.6 Å². The molecule has 150 valence electrons. The highest BCUT2D eigenvalue weighted by Crippen LogP contribution is 2.33. The summed E-state index contributed by atoms with van der Waals surface area (Å²) in [4.78, 5) is 0. The third-order valence-electron chi connectivity index (χ3n) is 5.59. The van der Waals surface area contributed by atoms with Gasteiger partial charge in [0.1, 0.15) is 11.5 Å². The predicted octanol–water partition coefficient (Wildman–Crippen LogP) is 7.97. The van der Waals surface area contributed by atoms with Crippen molar-refractivity contribution in [3.05, 3.63) is 118 Å². The molecular formula is C29H28O. The number of rotatable bonds is 5. The van der Waals surface area contributed by atoms with Gasteiger partial charge >= 0.3 is 0 Å². The van der Waals surface area contributed by atoms with E-state index in [1.807, 2.05) is 18.2 Å². The van der Waals surface area contributed by atoms with Crippen molar-refractivity contribution >= 4 is 0 Å². The van der Waals surface area contributed by atoms with E-state index in [0.717, 1.165) is 17.9 Å². The molecular weight excluding hydrogens is 364 g/mol. The van der Waals surface area contributed by atoms with Gasteiger partial charge in [0.2, 0.25) is 0 Å². The van der Waals surface area contributed by atoms with Crippen molar-refractivity contribution in [1.29, 1.82) is 0 Å². The zero-order valence-corrected chi connectivity index (χ0v) is 18.2. The summed E-state index contributed by atoms with van der Waals surface area (Å²) in [6.45, 7) is 8.55. The molecule has 4 aromatic carbocycles. The van der Waals surface area contributed by atoms with E-state index in [4.69, 9.17) is 4.74 Å². The fourth-order valence-corrected chi connectivity index (χ4v) is 3.71. The summed E-state index contributed by atoms with van der Waals surface area (Å²) in [5, 5.41) is 0. The van der Waals surface area contributed by atoms with Crippen LogP contribution in [0.15, 0.2) is 84.9 Å². The van der Waals surface area contributed by atoms with Gasteiger partial charge in [-0.05, 0) is 91.8 Å². The van der Waals surface area contributed by atoms with E-state index >= 15 is 0 Å². The van der Waals surface area contributed by atoms with Crippen LogP contribution in [0.2, 0.25) is 0 Å². The third-order valence-corrected chi connectivity index (χ3v) is 5.59. The third kappa shape index (κ3) is 4.63. The Kier molecular flexibility index (Phi) is 5.72. The van der Waals surface area contributed by atoms with E-state index in [1.165, 1.54) is 44.5 Å². The first kappa shape index (κ1) is 20.0. The second-order valence-electron chi connectivity index (χ2n) is 8.20. The number of aryl methyl sites for hydroxylation is 4. The van der Waals surface area contributed by atoms with E-state index < -0.39 is 0 Å². The van der Waals surface area contributed by atoms with Crippen molar-refractivity contribution in [2.24, 2.45) is 0 Å². The first-order chi connectivity index (χ1) is 14.5. The summed E-state index contributed by atoms with van der Waals surface area (Å²) in [7, 11) is 0. The fraction of sp³-hybridized carbons (Fsp3) is 0.172. The Morgan fingerprint density at radius 3 is 1.67 bits per heavy atom. The van der Waals surface area contributed by atoms with Crippen LogP contribution in [0.1, 0.15) is 33.4 Å². The van der Waals surface area contributed by atoms with Gasteiger partial charge in [-0.15, -0.1) is 0 Å². The minimum Gasteiger partial charge on any atom is -0.457 e. The van der Waals surface area contributed by atoms with Crippen molar-refractivity contribution in [1.82, 2.24) is 0 Å². The monoisotopic (exact) mass is 392 g/mol. The molecule has 0 heterocycles. The Balaban J connectivity index is 1.65. The largest absolute Gasteiger partial charge is 0.457 e. The van der Waals surface area contributed by atoms with Crippen LogP contribution in [0.5, 0.6) is 11.5 Å². The standard InChI is InChI=1S/C29H28O/c1-20-5-11-24(12-6-20)17-25-13-9-22(3)28(18-25)29-19-27(16-10-23(29)4)30-26-14-7-21(2)8-15-26/h5-16,18-19H,17H2,1-4H3. The molecule has 0 aliphatic heterocycles. The van der Waals surface area contributed by atoms with Crippen LogP contribution < -0.4 is 4.74 Å². The van der Waals surface area contributed by atoms with Gasteiger partial charge < -0.3 is 4.74 Å². The molecule has 1 nitrogen and oxygen atoms in total. The SMILES string of the molecule is Cc1ccc(Cc2ccc(C)c(-c3cc(Oc4ccc(C)cc4)ccc3C)c2)cc1. The van der Waals surface area contributed by atoms with Gasteiger partial charge in [-0.3, -0.25) is 0 Å². The second kappa shape index (κ2) is 8.59. The Bertz CT molecular complexity index is 1060. The average Bonchev–Trinajstić information content (AvgIpc) is 2.74. The van der Waals surface area contributed by atoms with Crippen LogP contribution in [0.3, 0.4) is 0 Å². The molecule has 0 amide bonds. The lowest BCUT2D eigenvalue weighted by atomic mass is 9.93. The minimum absolute atomic E-state index is 0.861. The molecule has 4 aromatic rings. The first-order valence-electron chi connectivity index (χ1n) is 10.5. The predicted molar refractivity (Wildman–Crippen MR) is 127 cm³/mol. The van der Waals surface area contributed by atoms with E-state index in [2.05, 4.69) is 94.4 Å². The highest BCUT2D eigenvalue weighted by atomic mass is 16.5. The molecule has 0 N–H and O–H groups in total. The lowest BCUT2D eigenvalue weighted by molar-refractivity contribution is 0.482. The quantitative estimate of drug-likeness (QED) is 0.334. The lowest BCUT2D eigenvalue weighted by Crippen LogP contribution is -1.94. The molecule has 0 atom stereocenters. The Morgan fingerprint density at radius 2 is 1.00 bits per heavy atom.